The molecule has 0 saturated heterocycles. The van der Waals surface area contributed by atoms with Gasteiger partial charge in [-0.15, -0.1) is 0 Å². The van der Waals surface area contributed by atoms with Crippen LogP contribution in [0.15, 0.2) is 97.1 Å². The van der Waals surface area contributed by atoms with E-state index in [1.165, 1.54) is 16.7 Å². The van der Waals surface area contributed by atoms with E-state index in [0.717, 1.165) is 27.9 Å². The van der Waals surface area contributed by atoms with Gasteiger partial charge in [0.05, 0.1) is 0 Å². The van der Waals surface area contributed by atoms with Gasteiger partial charge in [-0.05, 0) is 45.4 Å². The highest BCUT2D eigenvalue weighted by Crippen LogP contribution is 2.39. The van der Waals surface area contributed by atoms with E-state index in [9.17, 15) is 0 Å². The largest absolute Gasteiger partial charge is 0.398 e. The fourth-order valence-corrected chi connectivity index (χ4v) is 3.70. The van der Waals surface area contributed by atoms with E-state index in [-0.39, 0.29) is 5.41 Å². The monoisotopic (exact) mass is 377 g/mol. The van der Waals surface area contributed by atoms with Gasteiger partial charge in [0.15, 0.2) is 0 Å². The Hall–Kier alpha value is -3.32. The van der Waals surface area contributed by atoms with Crippen LogP contribution in [0, 0.1) is 0 Å². The molecule has 0 aliphatic rings. The third kappa shape index (κ3) is 3.95. The van der Waals surface area contributed by atoms with Crippen LogP contribution in [-0.2, 0) is 5.41 Å². The maximum atomic E-state index is 6.68. The van der Waals surface area contributed by atoms with Crippen LogP contribution >= 0.6 is 0 Å². The normalized spacial score (nSPS) is 11.4. The minimum Gasteiger partial charge on any atom is -0.398 e. The zero-order valence-electron chi connectivity index (χ0n) is 17.3. The Bertz CT molecular complexity index is 1040. The molecule has 0 atom stereocenters. The Morgan fingerprint density at radius 1 is 0.517 bits per heavy atom. The second-order valence-corrected chi connectivity index (χ2v) is 8.54. The predicted molar refractivity (Wildman–Crippen MR) is 126 cm³/mol. The van der Waals surface area contributed by atoms with E-state index in [1.807, 2.05) is 12.1 Å². The lowest BCUT2D eigenvalue weighted by Crippen LogP contribution is -2.10. The summed E-state index contributed by atoms with van der Waals surface area (Å²) in [6, 6.07) is 34.1. The van der Waals surface area contributed by atoms with Crippen LogP contribution in [0.2, 0.25) is 0 Å². The minimum atomic E-state index is 0.143. The number of benzene rings is 4. The summed E-state index contributed by atoms with van der Waals surface area (Å²) in [5.41, 5.74) is 15.8. The van der Waals surface area contributed by atoms with E-state index in [1.54, 1.807) is 0 Å². The van der Waals surface area contributed by atoms with Crippen LogP contribution in [0.3, 0.4) is 0 Å². The number of rotatable bonds is 3. The van der Waals surface area contributed by atoms with Gasteiger partial charge in [-0.2, -0.15) is 0 Å². The summed E-state index contributed by atoms with van der Waals surface area (Å²) in [6.07, 6.45) is 0. The maximum Gasteiger partial charge on any atom is 0.0473 e. The summed E-state index contributed by atoms with van der Waals surface area (Å²) in [4.78, 5) is 0. The van der Waals surface area contributed by atoms with Crippen molar-refractivity contribution in [3.63, 3.8) is 0 Å². The van der Waals surface area contributed by atoms with Crippen molar-refractivity contribution < 1.29 is 0 Å². The molecule has 0 heterocycles. The average molecular weight is 378 g/mol. The molecule has 29 heavy (non-hydrogen) atoms. The first-order valence-corrected chi connectivity index (χ1v) is 10.1. The molecule has 4 aromatic carbocycles. The van der Waals surface area contributed by atoms with Gasteiger partial charge in [0.25, 0.3) is 0 Å². The molecule has 0 bridgehead atoms. The Kier molecular flexibility index (Phi) is 4.98. The van der Waals surface area contributed by atoms with Crippen molar-refractivity contribution in [1.29, 1.82) is 0 Å². The van der Waals surface area contributed by atoms with Crippen molar-refractivity contribution in [3.05, 3.63) is 103 Å². The lowest BCUT2D eigenvalue weighted by molar-refractivity contribution is 0.590. The summed E-state index contributed by atoms with van der Waals surface area (Å²) in [5, 5.41) is 0. The van der Waals surface area contributed by atoms with E-state index in [4.69, 9.17) is 5.73 Å². The van der Waals surface area contributed by atoms with Crippen molar-refractivity contribution in [2.24, 2.45) is 0 Å². The number of anilines is 1. The van der Waals surface area contributed by atoms with Gasteiger partial charge in [0.1, 0.15) is 0 Å². The Morgan fingerprint density at radius 3 is 1.38 bits per heavy atom. The molecule has 1 nitrogen and oxygen atoms in total. The molecule has 0 radical (unpaired) electrons. The van der Waals surface area contributed by atoms with Crippen LogP contribution in [0.25, 0.3) is 33.4 Å². The van der Waals surface area contributed by atoms with Crippen LogP contribution in [0.4, 0.5) is 5.69 Å². The molecular formula is C28H27N. The fourth-order valence-electron chi connectivity index (χ4n) is 3.70. The first kappa shape index (κ1) is 19.0. The van der Waals surface area contributed by atoms with E-state index < -0.39 is 0 Å². The highest BCUT2D eigenvalue weighted by atomic mass is 14.6. The highest BCUT2D eigenvalue weighted by Gasteiger charge is 2.15. The molecule has 1 heteroatoms. The molecule has 0 saturated carbocycles. The minimum absolute atomic E-state index is 0.143. The summed E-state index contributed by atoms with van der Waals surface area (Å²) < 4.78 is 0. The second kappa shape index (κ2) is 7.60. The van der Waals surface area contributed by atoms with E-state index >= 15 is 0 Å². The standard InChI is InChI=1S/C28H27N/c1-28(2,3)24-16-14-20(15-17-24)23-18-25(21-10-6-4-7-11-21)27(29)26(19-23)22-12-8-5-9-13-22/h4-19H,29H2,1-3H3. The van der Waals surface area contributed by atoms with Gasteiger partial charge >= 0.3 is 0 Å². The number of hydrogen-bond acceptors (Lipinski definition) is 1. The topological polar surface area (TPSA) is 26.0 Å². The fraction of sp³-hybridized carbons (Fsp3) is 0.143. The van der Waals surface area contributed by atoms with Gasteiger partial charge in [-0.1, -0.05) is 106 Å². The van der Waals surface area contributed by atoms with Crippen LogP contribution < -0.4 is 5.73 Å². The molecule has 0 aliphatic carbocycles. The number of hydrogen-bond donors (Lipinski definition) is 1. The Labute approximate surface area is 173 Å². The lowest BCUT2D eigenvalue weighted by atomic mass is 9.85. The average Bonchev–Trinajstić information content (AvgIpc) is 2.75. The van der Waals surface area contributed by atoms with Gasteiger partial charge in [0.2, 0.25) is 0 Å². The van der Waals surface area contributed by atoms with Gasteiger partial charge in [-0.3, -0.25) is 0 Å². The molecule has 144 valence electrons. The van der Waals surface area contributed by atoms with Crippen molar-refractivity contribution in [2.45, 2.75) is 26.2 Å². The third-order valence-corrected chi connectivity index (χ3v) is 5.43. The summed E-state index contributed by atoms with van der Waals surface area (Å²) in [5.74, 6) is 0. The highest BCUT2D eigenvalue weighted by molar-refractivity contribution is 5.93. The maximum absolute atomic E-state index is 6.68. The van der Waals surface area contributed by atoms with Crippen molar-refractivity contribution in [3.8, 4) is 33.4 Å². The molecule has 0 aliphatic heterocycles. The van der Waals surface area contributed by atoms with E-state index in [0.29, 0.717) is 0 Å². The SMILES string of the molecule is CC(C)(C)c1ccc(-c2cc(-c3ccccc3)c(N)c(-c3ccccc3)c2)cc1. The summed E-state index contributed by atoms with van der Waals surface area (Å²) in [7, 11) is 0. The van der Waals surface area contributed by atoms with Crippen LogP contribution in [-0.4, -0.2) is 0 Å². The quantitative estimate of drug-likeness (QED) is 0.366. The molecule has 0 aromatic heterocycles. The van der Waals surface area contributed by atoms with Crippen molar-refractivity contribution >= 4 is 5.69 Å². The first-order chi connectivity index (χ1) is 13.9. The van der Waals surface area contributed by atoms with Crippen LogP contribution in [0.1, 0.15) is 26.3 Å². The number of nitrogens with two attached hydrogens (primary N) is 1. The van der Waals surface area contributed by atoms with Crippen molar-refractivity contribution in [2.75, 3.05) is 5.73 Å². The Morgan fingerprint density at radius 2 is 0.966 bits per heavy atom. The molecule has 4 rings (SSSR count). The molecule has 0 fully saturated rings. The Balaban J connectivity index is 1.90. The van der Waals surface area contributed by atoms with Gasteiger partial charge in [0, 0.05) is 16.8 Å². The third-order valence-electron chi connectivity index (χ3n) is 5.43. The smallest absolute Gasteiger partial charge is 0.0473 e. The summed E-state index contributed by atoms with van der Waals surface area (Å²) in [6.45, 7) is 6.73. The van der Waals surface area contributed by atoms with Gasteiger partial charge < -0.3 is 5.73 Å². The predicted octanol–water partition coefficient (Wildman–Crippen LogP) is 7.57. The van der Waals surface area contributed by atoms with E-state index in [2.05, 4.69) is 106 Å². The lowest BCUT2D eigenvalue weighted by Gasteiger charge is -2.20. The molecule has 0 spiro atoms. The first-order valence-electron chi connectivity index (χ1n) is 10.1. The van der Waals surface area contributed by atoms with Crippen LogP contribution in [0.5, 0.6) is 0 Å². The molecule has 4 aromatic rings. The molecular weight excluding hydrogens is 350 g/mol. The van der Waals surface area contributed by atoms with Gasteiger partial charge in [-0.25, -0.2) is 0 Å². The molecule has 2 N–H and O–H groups in total. The summed E-state index contributed by atoms with van der Waals surface area (Å²) >= 11 is 0. The zero-order chi connectivity index (χ0) is 20.4. The van der Waals surface area contributed by atoms with Crippen molar-refractivity contribution in [1.82, 2.24) is 0 Å². The molecule has 0 amide bonds. The molecule has 0 unspecified atom stereocenters. The number of nitrogen functional groups attached to an aromatic ring is 1. The second-order valence-electron chi connectivity index (χ2n) is 8.54. The zero-order valence-corrected chi connectivity index (χ0v) is 17.3.